The van der Waals surface area contributed by atoms with Gasteiger partial charge < -0.3 is 14.7 Å². The molecule has 2 heterocycles. The number of carboxylic acid groups (broad SMARTS) is 1. The highest BCUT2D eigenvalue weighted by atomic mass is 79.9. The van der Waals surface area contributed by atoms with E-state index >= 15 is 0 Å². The standard InChI is InChI=1S/C20H19BrN2O3S/c1-2-23(19-8-5-14(11-22-19)20(24)25)12-15-10-16(21)6-7-18(15)26-13-17-4-3-9-27-17/h3-11H,2,12-13H2,1H3,(H,24,25). The summed E-state index contributed by atoms with van der Waals surface area (Å²) in [5.74, 6) is 0.576. The molecule has 27 heavy (non-hydrogen) atoms. The first kappa shape index (κ1) is 19.4. The Bertz CT molecular complexity index is 898. The van der Waals surface area contributed by atoms with Crippen molar-refractivity contribution in [2.45, 2.75) is 20.1 Å². The van der Waals surface area contributed by atoms with Gasteiger partial charge >= 0.3 is 5.97 Å². The number of carbonyl (C=O) groups is 1. The first-order chi connectivity index (χ1) is 13.1. The highest BCUT2D eigenvalue weighted by Crippen LogP contribution is 2.27. The summed E-state index contributed by atoms with van der Waals surface area (Å²) in [6.45, 7) is 3.91. The second-order valence-corrected chi connectivity index (χ2v) is 7.79. The Morgan fingerprint density at radius 3 is 2.78 bits per heavy atom. The number of nitrogens with zero attached hydrogens (tertiary/aromatic N) is 2. The third kappa shape index (κ3) is 5.08. The summed E-state index contributed by atoms with van der Waals surface area (Å²) in [5, 5.41) is 11.1. The van der Waals surface area contributed by atoms with Crippen LogP contribution in [0.2, 0.25) is 0 Å². The molecule has 0 amide bonds. The molecule has 0 spiro atoms. The van der Waals surface area contributed by atoms with Crippen molar-refractivity contribution in [1.29, 1.82) is 0 Å². The summed E-state index contributed by atoms with van der Waals surface area (Å²) >= 11 is 5.19. The van der Waals surface area contributed by atoms with Gasteiger partial charge in [-0.3, -0.25) is 0 Å². The third-order valence-corrected chi connectivity index (χ3v) is 5.38. The van der Waals surface area contributed by atoms with E-state index in [-0.39, 0.29) is 5.56 Å². The highest BCUT2D eigenvalue weighted by molar-refractivity contribution is 9.10. The van der Waals surface area contributed by atoms with E-state index in [2.05, 4.69) is 31.9 Å². The molecule has 3 rings (SSSR count). The van der Waals surface area contributed by atoms with Gasteiger partial charge in [0.25, 0.3) is 0 Å². The van der Waals surface area contributed by atoms with Gasteiger partial charge in [0.2, 0.25) is 0 Å². The summed E-state index contributed by atoms with van der Waals surface area (Å²) in [6, 6.07) is 13.3. The van der Waals surface area contributed by atoms with Crippen molar-refractivity contribution >= 4 is 39.1 Å². The van der Waals surface area contributed by atoms with Crippen LogP contribution in [0.15, 0.2) is 58.5 Å². The van der Waals surface area contributed by atoms with Crippen LogP contribution in [0.1, 0.15) is 27.7 Å². The summed E-state index contributed by atoms with van der Waals surface area (Å²) < 4.78 is 7.01. The lowest BCUT2D eigenvalue weighted by atomic mass is 10.2. The van der Waals surface area contributed by atoms with Crippen LogP contribution in [-0.2, 0) is 13.2 Å². The average molecular weight is 447 g/mol. The van der Waals surface area contributed by atoms with E-state index in [0.717, 1.165) is 28.1 Å². The number of rotatable bonds is 8. The van der Waals surface area contributed by atoms with Gasteiger partial charge in [0.1, 0.15) is 18.2 Å². The minimum Gasteiger partial charge on any atom is -0.488 e. The molecule has 2 aromatic heterocycles. The van der Waals surface area contributed by atoms with Crippen LogP contribution >= 0.6 is 27.3 Å². The van der Waals surface area contributed by atoms with E-state index in [1.165, 1.54) is 11.1 Å². The fourth-order valence-corrected chi connectivity index (χ4v) is 3.64. The molecule has 0 aliphatic carbocycles. The maximum atomic E-state index is 11.0. The molecular weight excluding hydrogens is 428 g/mol. The van der Waals surface area contributed by atoms with Crippen LogP contribution in [0.3, 0.4) is 0 Å². The quantitative estimate of drug-likeness (QED) is 0.514. The van der Waals surface area contributed by atoms with Crippen molar-refractivity contribution in [3.05, 3.63) is 74.5 Å². The van der Waals surface area contributed by atoms with Crippen molar-refractivity contribution in [3.63, 3.8) is 0 Å². The minimum atomic E-state index is -0.978. The predicted molar refractivity (Wildman–Crippen MR) is 111 cm³/mol. The lowest BCUT2D eigenvalue weighted by molar-refractivity contribution is 0.0696. The lowest BCUT2D eigenvalue weighted by Gasteiger charge is -2.23. The number of hydrogen-bond acceptors (Lipinski definition) is 5. The van der Waals surface area contributed by atoms with Crippen molar-refractivity contribution in [2.24, 2.45) is 0 Å². The minimum absolute atomic E-state index is 0.178. The topological polar surface area (TPSA) is 62.7 Å². The normalized spacial score (nSPS) is 10.6. The number of carboxylic acids is 1. The number of benzene rings is 1. The number of pyridine rings is 1. The second-order valence-electron chi connectivity index (χ2n) is 5.84. The van der Waals surface area contributed by atoms with E-state index in [9.17, 15) is 4.79 Å². The number of halogens is 1. The Kier molecular flexibility index (Phi) is 6.47. The fourth-order valence-electron chi connectivity index (χ4n) is 2.62. The zero-order valence-electron chi connectivity index (χ0n) is 14.8. The fraction of sp³-hybridized carbons (Fsp3) is 0.200. The van der Waals surface area contributed by atoms with Crippen LogP contribution < -0.4 is 9.64 Å². The smallest absolute Gasteiger partial charge is 0.337 e. The van der Waals surface area contributed by atoms with E-state index in [0.29, 0.717) is 13.2 Å². The monoisotopic (exact) mass is 446 g/mol. The molecule has 0 saturated heterocycles. The largest absolute Gasteiger partial charge is 0.488 e. The highest BCUT2D eigenvalue weighted by Gasteiger charge is 2.13. The molecule has 0 atom stereocenters. The van der Waals surface area contributed by atoms with Crippen LogP contribution in [-0.4, -0.2) is 22.6 Å². The van der Waals surface area contributed by atoms with Gasteiger partial charge in [-0.1, -0.05) is 22.0 Å². The molecule has 0 fully saturated rings. The van der Waals surface area contributed by atoms with E-state index in [1.54, 1.807) is 23.5 Å². The SMILES string of the molecule is CCN(Cc1cc(Br)ccc1OCc1cccs1)c1ccc(C(=O)O)cn1. The summed E-state index contributed by atoms with van der Waals surface area (Å²) in [6.07, 6.45) is 1.38. The average Bonchev–Trinajstić information content (AvgIpc) is 3.19. The molecule has 7 heteroatoms. The van der Waals surface area contributed by atoms with Gasteiger partial charge in [-0.2, -0.15) is 0 Å². The Morgan fingerprint density at radius 1 is 1.30 bits per heavy atom. The lowest BCUT2D eigenvalue weighted by Crippen LogP contribution is -2.23. The number of hydrogen-bond donors (Lipinski definition) is 1. The molecule has 1 aromatic carbocycles. The first-order valence-electron chi connectivity index (χ1n) is 8.44. The Balaban J connectivity index is 1.79. The second kappa shape index (κ2) is 9.01. The number of anilines is 1. The number of aromatic nitrogens is 1. The number of aromatic carboxylic acids is 1. The molecule has 0 aliphatic heterocycles. The maximum absolute atomic E-state index is 11.0. The molecule has 0 aliphatic rings. The number of ether oxygens (including phenoxy) is 1. The Labute approximate surface area is 170 Å². The molecule has 140 valence electrons. The molecule has 1 N–H and O–H groups in total. The van der Waals surface area contributed by atoms with Gasteiger partial charge in [0.05, 0.1) is 5.56 Å². The molecule has 0 radical (unpaired) electrons. The molecule has 0 unspecified atom stereocenters. The summed E-state index contributed by atoms with van der Waals surface area (Å²) in [7, 11) is 0. The van der Waals surface area contributed by atoms with E-state index < -0.39 is 5.97 Å². The number of thiophene rings is 1. The van der Waals surface area contributed by atoms with Crippen LogP contribution in [0.25, 0.3) is 0 Å². The van der Waals surface area contributed by atoms with Crippen molar-refractivity contribution in [2.75, 3.05) is 11.4 Å². The van der Waals surface area contributed by atoms with Gasteiger partial charge in [-0.25, -0.2) is 9.78 Å². The Hall–Kier alpha value is -2.38. The van der Waals surface area contributed by atoms with Crippen molar-refractivity contribution in [1.82, 2.24) is 4.98 Å². The molecule has 0 saturated carbocycles. The first-order valence-corrected chi connectivity index (χ1v) is 10.1. The van der Waals surface area contributed by atoms with Crippen LogP contribution in [0, 0.1) is 0 Å². The molecule has 0 bridgehead atoms. The van der Waals surface area contributed by atoms with Crippen molar-refractivity contribution in [3.8, 4) is 5.75 Å². The zero-order chi connectivity index (χ0) is 19.2. The van der Waals surface area contributed by atoms with Gasteiger partial charge in [0.15, 0.2) is 0 Å². The van der Waals surface area contributed by atoms with E-state index in [1.807, 2.05) is 36.6 Å². The third-order valence-electron chi connectivity index (χ3n) is 4.03. The van der Waals surface area contributed by atoms with Crippen LogP contribution in [0.4, 0.5) is 5.82 Å². The van der Waals surface area contributed by atoms with Gasteiger partial charge in [-0.15, -0.1) is 11.3 Å². The molecule has 5 nitrogen and oxygen atoms in total. The summed E-state index contributed by atoms with van der Waals surface area (Å²) in [5.41, 5.74) is 1.21. The van der Waals surface area contributed by atoms with Gasteiger partial charge in [-0.05, 0) is 48.7 Å². The maximum Gasteiger partial charge on any atom is 0.337 e. The predicted octanol–water partition coefficient (Wildman–Crippen LogP) is 5.21. The molecule has 3 aromatic rings. The molecular formula is C20H19BrN2O3S. The Morgan fingerprint density at radius 2 is 2.15 bits per heavy atom. The van der Waals surface area contributed by atoms with Gasteiger partial charge in [0, 0.05) is 34.2 Å². The van der Waals surface area contributed by atoms with Crippen LogP contribution in [0.5, 0.6) is 5.75 Å². The zero-order valence-corrected chi connectivity index (χ0v) is 17.2. The summed E-state index contributed by atoms with van der Waals surface area (Å²) in [4.78, 5) is 18.6. The van der Waals surface area contributed by atoms with Crippen molar-refractivity contribution < 1.29 is 14.6 Å². The van der Waals surface area contributed by atoms with E-state index in [4.69, 9.17) is 9.84 Å².